The predicted molar refractivity (Wildman–Crippen MR) is 66.8 cm³/mol. The number of phenols is 1. The molecule has 0 aliphatic heterocycles. The van der Waals surface area contributed by atoms with Crippen molar-refractivity contribution >= 4 is 37.4 Å². The van der Waals surface area contributed by atoms with Gasteiger partial charge in [-0.3, -0.25) is 4.79 Å². The first-order valence-electron chi connectivity index (χ1n) is 4.51. The number of carbonyl (C=O) groups is 1. The topological polar surface area (TPSA) is 158 Å². The van der Waals surface area contributed by atoms with Crippen LogP contribution in [0.15, 0.2) is 17.0 Å². The van der Waals surface area contributed by atoms with E-state index in [-0.39, 0.29) is 0 Å². The zero-order valence-corrected chi connectivity index (χ0v) is 11.6. The fourth-order valence-corrected chi connectivity index (χ4v) is 2.86. The van der Waals surface area contributed by atoms with Gasteiger partial charge >= 0.3 is 0 Å². The zero-order chi connectivity index (χ0) is 15.0. The third kappa shape index (κ3) is 4.14. The number of sulfonamides is 2. The quantitative estimate of drug-likeness (QED) is 0.611. The molecule has 0 radical (unpaired) electrons. The third-order valence-electron chi connectivity index (χ3n) is 1.99. The van der Waals surface area contributed by atoms with Crippen LogP contribution in [0.2, 0.25) is 5.02 Å². The van der Waals surface area contributed by atoms with Gasteiger partial charge in [0.15, 0.2) is 5.78 Å². The number of hydrogen-bond acceptors (Lipinski definition) is 6. The van der Waals surface area contributed by atoms with Crippen LogP contribution in [0.4, 0.5) is 0 Å². The Kier molecular flexibility index (Phi) is 4.22. The lowest BCUT2D eigenvalue weighted by Gasteiger charge is -2.07. The van der Waals surface area contributed by atoms with Crippen LogP contribution in [0.1, 0.15) is 10.4 Å². The van der Waals surface area contributed by atoms with E-state index in [1.165, 1.54) is 0 Å². The molecule has 11 heteroatoms. The van der Waals surface area contributed by atoms with Gasteiger partial charge in [0, 0.05) is 6.07 Å². The van der Waals surface area contributed by atoms with Gasteiger partial charge in [-0.25, -0.2) is 27.1 Å². The molecular formula is C8H9ClN2O6S2. The van der Waals surface area contributed by atoms with Crippen LogP contribution in [0.25, 0.3) is 0 Å². The van der Waals surface area contributed by atoms with E-state index in [1.54, 1.807) is 0 Å². The maximum Gasteiger partial charge on any atom is 0.239 e. The van der Waals surface area contributed by atoms with Crippen molar-refractivity contribution in [2.45, 2.75) is 4.90 Å². The Bertz CT molecular complexity index is 741. The zero-order valence-electron chi connectivity index (χ0n) is 9.20. The van der Waals surface area contributed by atoms with E-state index in [1.807, 2.05) is 0 Å². The number of carbonyl (C=O) groups excluding carboxylic acids is 1. The van der Waals surface area contributed by atoms with E-state index in [9.17, 15) is 26.7 Å². The Morgan fingerprint density at radius 2 is 1.74 bits per heavy atom. The molecule has 1 rings (SSSR count). The van der Waals surface area contributed by atoms with E-state index < -0.39 is 52.8 Å². The van der Waals surface area contributed by atoms with Crippen LogP contribution in [0, 0.1) is 0 Å². The number of primary sulfonamides is 2. The minimum absolute atomic E-state index is 0.396. The second kappa shape index (κ2) is 5.06. The van der Waals surface area contributed by atoms with Gasteiger partial charge in [-0.2, -0.15) is 0 Å². The number of phenolic OH excluding ortho intramolecular Hbond substituents is 1. The molecule has 5 N–H and O–H groups in total. The van der Waals surface area contributed by atoms with Crippen molar-refractivity contribution in [2.24, 2.45) is 10.3 Å². The van der Waals surface area contributed by atoms with E-state index in [0.717, 1.165) is 6.07 Å². The molecule has 0 atom stereocenters. The summed E-state index contributed by atoms with van der Waals surface area (Å²) in [6.07, 6.45) is 0. The number of halogens is 1. The van der Waals surface area contributed by atoms with Crippen molar-refractivity contribution in [3.05, 3.63) is 22.7 Å². The number of ketones is 1. The van der Waals surface area contributed by atoms with Crippen LogP contribution >= 0.6 is 11.6 Å². The summed E-state index contributed by atoms with van der Waals surface area (Å²) >= 11 is 5.55. The molecule has 0 unspecified atom stereocenters. The highest BCUT2D eigenvalue weighted by molar-refractivity contribution is 7.90. The van der Waals surface area contributed by atoms with Gasteiger partial charge in [-0.05, 0) is 6.07 Å². The normalized spacial score (nSPS) is 12.4. The average molecular weight is 329 g/mol. The van der Waals surface area contributed by atoms with Gasteiger partial charge in [-0.1, -0.05) is 11.6 Å². The van der Waals surface area contributed by atoms with E-state index >= 15 is 0 Å². The first-order valence-corrected chi connectivity index (χ1v) is 8.15. The highest BCUT2D eigenvalue weighted by atomic mass is 35.5. The highest BCUT2D eigenvalue weighted by Crippen LogP contribution is 2.29. The lowest BCUT2D eigenvalue weighted by atomic mass is 10.1. The van der Waals surface area contributed by atoms with Crippen LogP contribution in [0.5, 0.6) is 5.75 Å². The first kappa shape index (κ1) is 15.9. The summed E-state index contributed by atoms with van der Waals surface area (Å²) in [6, 6.07) is 1.47. The summed E-state index contributed by atoms with van der Waals surface area (Å²) in [5.41, 5.74) is -0.553. The molecule has 0 spiro atoms. The first-order chi connectivity index (χ1) is 8.42. The number of rotatable bonds is 4. The molecule has 1 aromatic carbocycles. The smallest absolute Gasteiger partial charge is 0.239 e. The molecule has 0 aliphatic carbocycles. The second-order valence-corrected chi connectivity index (χ2v) is 7.13. The Labute approximate surface area is 114 Å². The maximum atomic E-state index is 11.6. The monoisotopic (exact) mass is 328 g/mol. The summed E-state index contributed by atoms with van der Waals surface area (Å²) in [6.45, 7) is 0. The van der Waals surface area contributed by atoms with E-state index in [2.05, 4.69) is 5.14 Å². The molecule has 0 saturated carbocycles. The van der Waals surface area contributed by atoms with Crippen LogP contribution in [-0.2, 0) is 20.0 Å². The molecule has 0 bridgehead atoms. The van der Waals surface area contributed by atoms with Crippen molar-refractivity contribution in [1.29, 1.82) is 0 Å². The molecule has 0 amide bonds. The molecule has 0 aliphatic rings. The van der Waals surface area contributed by atoms with Gasteiger partial charge in [0.2, 0.25) is 20.0 Å². The highest BCUT2D eigenvalue weighted by Gasteiger charge is 2.22. The Balaban J connectivity index is 3.42. The summed E-state index contributed by atoms with van der Waals surface area (Å²) in [5.74, 6) is -2.85. The molecule has 0 fully saturated rings. The number of hydrogen-bond donors (Lipinski definition) is 3. The number of nitrogens with two attached hydrogens (primary N) is 2. The molecule has 8 nitrogen and oxygen atoms in total. The van der Waals surface area contributed by atoms with Crippen molar-refractivity contribution in [2.75, 3.05) is 5.75 Å². The van der Waals surface area contributed by atoms with Gasteiger partial charge in [0.05, 0.1) is 10.6 Å². The Hall–Kier alpha value is -1.20. The minimum Gasteiger partial charge on any atom is -0.507 e. The molecule has 19 heavy (non-hydrogen) atoms. The Morgan fingerprint density at radius 3 is 2.16 bits per heavy atom. The van der Waals surface area contributed by atoms with Crippen LogP contribution in [-0.4, -0.2) is 33.5 Å². The number of aromatic hydroxyl groups is 1. The largest absolute Gasteiger partial charge is 0.507 e. The lowest BCUT2D eigenvalue weighted by molar-refractivity contribution is 0.101. The van der Waals surface area contributed by atoms with Crippen LogP contribution < -0.4 is 10.3 Å². The average Bonchev–Trinajstić information content (AvgIpc) is 2.11. The van der Waals surface area contributed by atoms with E-state index in [4.69, 9.17) is 16.7 Å². The Morgan fingerprint density at radius 1 is 1.21 bits per heavy atom. The number of benzene rings is 1. The maximum absolute atomic E-state index is 11.6. The van der Waals surface area contributed by atoms with Crippen molar-refractivity contribution in [3.8, 4) is 5.75 Å². The molecule has 106 valence electrons. The molecule has 0 saturated heterocycles. The summed E-state index contributed by atoms with van der Waals surface area (Å²) in [7, 11) is -8.35. The SMILES string of the molecule is NS(=O)(=O)CC(=O)c1cc(S(N)(=O)=O)c(Cl)cc1O. The fourth-order valence-electron chi connectivity index (χ4n) is 1.24. The summed E-state index contributed by atoms with van der Waals surface area (Å²) in [4.78, 5) is 11.0. The summed E-state index contributed by atoms with van der Waals surface area (Å²) < 4.78 is 43.9. The van der Waals surface area contributed by atoms with E-state index in [0.29, 0.717) is 6.07 Å². The second-order valence-electron chi connectivity index (χ2n) is 3.58. The fraction of sp³-hybridized carbons (Fsp3) is 0.125. The predicted octanol–water partition coefficient (Wildman–Crippen LogP) is -0.836. The molecular weight excluding hydrogens is 320 g/mol. The van der Waals surface area contributed by atoms with Gasteiger partial charge < -0.3 is 5.11 Å². The van der Waals surface area contributed by atoms with Crippen LogP contribution in [0.3, 0.4) is 0 Å². The minimum atomic E-state index is -4.23. The lowest BCUT2D eigenvalue weighted by Crippen LogP contribution is -2.23. The van der Waals surface area contributed by atoms with Gasteiger partial charge in [-0.15, -0.1) is 0 Å². The number of Topliss-reactive ketones (excluding diaryl/α,β-unsaturated/α-hetero) is 1. The van der Waals surface area contributed by atoms with Crippen molar-refractivity contribution in [1.82, 2.24) is 0 Å². The third-order valence-corrected chi connectivity index (χ3v) is 4.03. The van der Waals surface area contributed by atoms with Gasteiger partial charge in [0.1, 0.15) is 16.4 Å². The van der Waals surface area contributed by atoms with Crippen molar-refractivity contribution in [3.63, 3.8) is 0 Å². The van der Waals surface area contributed by atoms with Crippen molar-refractivity contribution < 1.29 is 26.7 Å². The molecule has 0 heterocycles. The van der Waals surface area contributed by atoms with Gasteiger partial charge in [0.25, 0.3) is 0 Å². The molecule has 0 aromatic heterocycles. The summed E-state index contributed by atoms with van der Waals surface area (Å²) in [5, 5.41) is 18.6. The standard InChI is InChI=1S/C8H9ClN2O6S2/c9-5-2-6(12)4(1-8(5)19(11,16)17)7(13)3-18(10,14)15/h1-2,12H,3H2,(H2,10,14,15)(H2,11,16,17). The molecule has 1 aromatic rings.